The second-order valence-corrected chi connectivity index (χ2v) is 11.1. The molecule has 1 nitrogen and oxygen atoms in total. The van der Waals surface area contributed by atoms with Crippen LogP contribution in [0.25, 0.3) is 65.7 Å². The van der Waals surface area contributed by atoms with Gasteiger partial charge in [0.15, 0.2) is 0 Å². The molecule has 8 rings (SSSR count). The van der Waals surface area contributed by atoms with Crippen LogP contribution in [0.2, 0.25) is 0 Å². The number of benzene rings is 8. The fraction of sp³-hybridized carbons (Fsp3) is 0. The maximum atomic E-state index is 3.77. The Morgan fingerprint density at radius 3 is 1.81 bits per heavy atom. The van der Waals surface area contributed by atoms with Crippen LogP contribution in [0.4, 0.5) is 11.4 Å². The van der Waals surface area contributed by atoms with Gasteiger partial charge in [-0.15, -0.1) is 0 Å². The minimum atomic E-state index is 1.06. The van der Waals surface area contributed by atoms with Crippen molar-refractivity contribution >= 4 is 43.7 Å². The minimum absolute atomic E-state index is 1.06. The van der Waals surface area contributed by atoms with Crippen LogP contribution in [-0.4, -0.2) is 0 Å². The summed E-state index contributed by atoms with van der Waals surface area (Å²) in [6, 6.07) is 61.1. The van der Waals surface area contributed by atoms with Crippen molar-refractivity contribution in [2.75, 3.05) is 5.32 Å². The van der Waals surface area contributed by atoms with Crippen molar-refractivity contribution in [2.45, 2.75) is 0 Å². The molecule has 0 fully saturated rings. The lowest BCUT2D eigenvalue weighted by Gasteiger charge is -2.16. The second kappa shape index (κ2) is 10.6. The van der Waals surface area contributed by atoms with Crippen LogP contribution in [0.15, 0.2) is 170 Å². The molecule has 0 aliphatic rings. The average Bonchev–Trinajstić information content (AvgIpc) is 3.08. The van der Waals surface area contributed by atoms with Crippen LogP contribution in [0.5, 0.6) is 0 Å². The number of hydrogen-bond donors (Lipinski definition) is 1. The monoisotopic (exact) mass is 547 g/mol. The molecular formula is C42H29N. The van der Waals surface area contributed by atoms with E-state index in [0.29, 0.717) is 0 Å². The topological polar surface area (TPSA) is 12.0 Å². The summed E-state index contributed by atoms with van der Waals surface area (Å²) in [4.78, 5) is 0. The van der Waals surface area contributed by atoms with Gasteiger partial charge in [0.05, 0.1) is 0 Å². The van der Waals surface area contributed by atoms with Gasteiger partial charge in [0.1, 0.15) is 0 Å². The van der Waals surface area contributed by atoms with Crippen molar-refractivity contribution in [3.63, 3.8) is 0 Å². The molecule has 1 N–H and O–H groups in total. The Kier molecular flexibility index (Phi) is 6.20. The highest BCUT2D eigenvalue weighted by atomic mass is 14.9. The second-order valence-electron chi connectivity index (χ2n) is 11.1. The Balaban J connectivity index is 1.22. The molecule has 43 heavy (non-hydrogen) atoms. The third-order valence-corrected chi connectivity index (χ3v) is 8.41. The molecule has 1 heteroatoms. The molecule has 0 saturated carbocycles. The highest BCUT2D eigenvalue weighted by Gasteiger charge is 2.12. The first-order valence-electron chi connectivity index (χ1n) is 14.8. The van der Waals surface area contributed by atoms with Gasteiger partial charge in [-0.3, -0.25) is 0 Å². The van der Waals surface area contributed by atoms with Crippen LogP contribution in [0, 0.1) is 0 Å². The summed E-state index contributed by atoms with van der Waals surface area (Å²) in [6.45, 7) is 0. The Hall–Kier alpha value is -5.66. The van der Waals surface area contributed by atoms with Crippen LogP contribution in [0.1, 0.15) is 0 Å². The van der Waals surface area contributed by atoms with Gasteiger partial charge in [0.2, 0.25) is 0 Å². The van der Waals surface area contributed by atoms with Gasteiger partial charge in [-0.1, -0.05) is 133 Å². The van der Waals surface area contributed by atoms with Gasteiger partial charge < -0.3 is 5.32 Å². The molecule has 0 spiro atoms. The minimum Gasteiger partial charge on any atom is -0.355 e. The maximum Gasteiger partial charge on any atom is 0.0464 e. The normalized spacial score (nSPS) is 11.3. The Bertz CT molecular complexity index is 2260. The van der Waals surface area contributed by atoms with E-state index in [4.69, 9.17) is 0 Å². The van der Waals surface area contributed by atoms with E-state index >= 15 is 0 Å². The van der Waals surface area contributed by atoms with Gasteiger partial charge in [-0.05, 0) is 96.5 Å². The lowest BCUT2D eigenvalue weighted by atomic mass is 9.93. The summed E-state index contributed by atoms with van der Waals surface area (Å²) in [7, 11) is 0. The number of fused-ring (bicyclic) bond motifs is 4. The van der Waals surface area contributed by atoms with E-state index in [9.17, 15) is 0 Å². The standard InChI is InChI=1S/C42H29N/c1-2-12-30(13-3-1)41-27-33(32-22-21-29-11-4-5-14-31(29)25-32)23-24-42(41)43-36-17-10-16-34(26-36)40-28-35-15-6-7-18-37(35)38-19-8-9-20-39(38)40/h1-28,43H. The lowest BCUT2D eigenvalue weighted by molar-refractivity contribution is 1.52. The molecule has 0 amide bonds. The average molecular weight is 548 g/mol. The summed E-state index contributed by atoms with van der Waals surface area (Å²) in [5.41, 5.74) is 9.35. The lowest BCUT2D eigenvalue weighted by Crippen LogP contribution is -1.95. The van der Waals surface area contributed by atoms with Crippen LogP contribution < -0.4 is 5.32 Å². The van der Waals surface area contributed by atoms with E-state index in [0.717, 1.165) is 11.4 Å². The molecule has 0 radical (unpaired) electrons. The molecule has 8 aromatic rings. The summed E-state index contributed by atoms with van der Waals surface area (Å²) in [6.07, 6.45) is 0. The number of anilines is 2. The number of nitrogens with one attached hydrogen (secondary N) is 1. The maximum absolute atomic E-state index is 3.77. The van der Waals surface area contributed by atoms with E-state index in [2.05, 4.69) is 175 Å². The van der Waals surface area contributed by atoms with Crippen molar-refractivity contribution in [1.82, 2.24) is 0 Å². The highest BCUT2D eigenvalue weighted by Crippen LogP contribution is 2.38. The van der Waals surface area contributed by atoms with Gasteiger partial charge in [-0.25, -0.2) is 0 Å². The number of rotatable bonds is 5. The first-order chi connectivity index (χ1) is 21.3. The van der Waals surface area contributed by atoms with E-state index in [1.54, 1.807) is 0 Å². The quantitative estimate of drug-likeness (QED) is 0.211. The molecule has 0 bridgehead atoms. The van der Waals surface area contributed by atoms with Gasteiger partial charge in [0.25, 0.3) is 0 Å². The van der Waals surface area contributed by atoms with Gasteiger partial charge >= 0.3 is 0 Å². The van der Waals surface area contributed by atoms with Gasteiger partial charge in [-0.2, -0.15) is 0 Å². The predicted molar refractivity (Wildman–Crippen MR) is 185 cm³/mol. The van der Waals surface area contributed by atoms with Crippen molar-refractivity contribution in [1.29, 1.82) is 0 Å². The molecule has 202 valence electrons. The van der Waals surface area contributed by atoms with Gasteiger partial charge in [0, 0.05) is 16.9 Å². The van der Waals surface area contributed by atoms with Crippen LogP contribution >= 0.6 is 0 Å². The molecular weight excluding hydrogens is 518 g/mol. The summed E-state index contributed by atoms with van der Waals surface area (Å²) in [5.74, 6) is 0. The first kappa shape index (κ1) is 25.1. The first-order valence-corrected chi connectivity index (χ1v) is 14.8. The largest absolute Gasteiger partial charge is 0.355 e. The zero-order chi connectivity index (χ0) is 28.6. The fourth-order valence-electron chi connectivity index (χ4n) is 6.27. The van der Waals surface area contributed by atoms with Crippen LogP contribution in [-0.2, 0) is 0 Å². The van der Waals surface area contributed by atoms with E-state index < -0.39 is 0 Å². The molecule has 0 aromatic heterocycles. The molecule has 0 saturated heterocycles. The third-order valence-electron chi connectivity index (χ3n) is 8.41. The summed E-state index contributed by atoms with van der Waals surface area (Å²) < 4.78 is 0. The molecule has 0 unspecified atom stereocenters. The predicted octanol–water partition coefficient (Wildman–Crippen LogP) is 11.9. The zero-order valence-corrected chi connectivity index (χ0v) is 23.7. The number of hydrogen-bond acceptors (Lipinski definition) is 1. The van der Waals surface area contributed by atoms with E-state index in [-0.39, 0.29) is 0 Å². The highest BCUT2D eigenvalue weighted by molar-refractivity contribution is 6.13. The van der Waals surface area contributed by atoms with E-state index in [1.165, 1.54) is 65.7 Å². The molecule has 0 aliphatic heterocycles. The van der Waals surface area contributed by atoms with Crippen molar-refractivity contribution in [3.8, 4) is 33.4 Å². The molecule has 0 aliphatic carbocycles. The Morgan fingerprint density at radius 1 is 0.302 bits per heavy atom. The van der Waals surface area contributed by atoms with E-state index in [1.807, 2.05) is 0 Å². The third kappa shape index (κ3) is 4.71. The van der Waals surface area contributed by atoms with Crippen LogP contribution in [0.3, 0.4) is 0 Å². The Labute approximate surface area is 251 Å². The Morgan fingerprint density at radius 2 is 0.953 bits per heavy atom. The molecule has 8 aromatic carbocycles. The fourth-order valence-corrected chi connectivity index (χ4v) is 6.27. The van der Waals surface area contributed by atoms with Crippen molar-refractivity contribution in [3.05, 3.63) is 170 Å². The summed E-state index contributed by atoms with van der Waals surface area (Å²) >= 11 is 0. The summed E-state index contributed by atoms with van der Waals surface area (Å²) in [5, 5.41) is 11.4. The van der Waals surface area contributed by atoms with Crippen molar-refractivity contribution < 1.29 is 0 Å². The molecule has 0 heterocycles. The SMILES string of the molecule is c1ccc(-c2cc(-c3ccc4ccccc4c3)ccc2Nc2cccc(-c3cc4ccccc4c4ccccc34)c2)cc1. The molecule has 0 atom stereocenters. The smallest absolute Gasteiger partial charge is 0.0464 e. The zero-order valence-electron chi connectivity index (χ0n) is 23.7. The van der Waals surface area contributed by atoms with Crippen molar-refractivity contribution in [2.24, 2.45) is 0 Å².